The molecular formula is C11H14BrFN2O. The third kappa shape index (κ3) is 4.28. The number of carbonyl (C=O) groups excluding carboxylic acids is 1. The summed E-state index contributed by atoms with van der Waals surface area (Å²) in [7, 11) is 0. The predicted molar refractivity (Wildman–Crippen MR) is 64.5 cm³/mol. The topological polar surface area (TPSA) is 41.1 Å². The number of rotatable bonds is 5. The Hall–Kier alpha value is -0.940. The summed E-state index contributed by atoms with van der Waals surface area (Å²) in [6.45, 7) is 3.16. The van der Waals surface area contributed by atoms with Crippen LogP contribution in [0.4, 0.5) is 4.39 Å². The Kier molecular flexibility index (Phi) is 5.42. The Bertz CT molecular complexity index is 371. The molecule has 0 unspecified atom stereocenters. The number of amides is 1. The first-order chi connectivity index (χ1) is 7.63. The smallest absolute Gasteiger partial charge is 0.233 e. The SMILES string of the molecule is CCNC(=O)CNCc1cc(F)ccc1Br. The highest BCUT2D eigenvalue weighted by molar-refractivity contribution is 9.10. The number of likely N-dealkylation sites (N-methyl/N-ethyl adjacent to an activating group) is 1. The molecule has 0 aromatic heterocycles. The van der Waals surface area contributed by atoms with E-state index in [0.29, 0.717) is 13.1 Å². The zero-order valence-electron chi connectivity index (χ0n) is 9.02. The second-order valence-corrected chi connectivity index (χ2v) is 4.15. The molecule has 16 heavy (non-hydrogen) atoms. The van der Waals surface area contributed by atoms with E-state index >= 15 is 0 Å². The molecule has 0 bridgehead atoms. The van der Waals surface area contributed by atoms with Crippen LogP contribution in [0.2, 0.25) is 0 Å². The van der Waals surface area contributed by atoms with Crippen LogP contribution in [0, 0.1) is 5.82 Å². The first-order valence-electron chi connectivity index (χ1n) is 5.04. The first-order valence-corrected chi connectivity index (χ1v) is 5.84. The van der Waals surface area contributed by atoms with Crippen molar-refractivity contribution in [3.63, 3.8) is 0 Å². The normalized spacial score (nSPS) is 10.2. The fourth-order valence-electron chi connectivity index (χ4n) is 1.25. The maximum absolute atomic E-state index is 12.9. The van der Waals surface area contributed by atoms with Crippen LogP contribution in [-0.2, 0) is 11.3 Å². The van der Waals surface area contributed by atoms with Gasteiger partial charge < -0.3 is 10.6 Å². The molecule has 0 heterocycles. The molecular weight excluding hydrogens is 275 g/mol. The van der Waals surface area contributed by atoms with Crippen molar-refractivity contribution in [1.29, 1.82) is 0 Å². The van der Waals surface area contributed by atoms with Crippen molar-refractivity contribution < 1.29 is 9.18 Å². The Morgan fingerprint density at radius 3 is 2.94 bits per heavy atom. The highest BCUT2D eigenvalue weighted by Crippen LogP contribution is 2.17. The van der Waals surface area contributed by atoms with Crippen molar-refractivity contribution in [2.45, 2.75) is 13.5 Å². The van der Waals surface area contributed by atoms with E-state index in [0.717, 1.165) is 10.0 Å². The molecule has 0 aliphatic rings. The third-order valence-corrected chi connectivity index (χ3v) is 2.76. The Morgan fingerprint density at radius 1 is 1.50 bits per heavy atom. The van der Waals surface area contributed by atoms with Crippen molar-refractivity contribution in [1.82, 2.24) is 10.6 Å². The van der Waals surface area contributed by atoms with Gasteiger partial charge in [-0.25, -0.2) is 4.39 Å². The number of nitrogens with one attached hydrogen (secondary N) is 2. The minimum atomic E-state index is -0.280. The molecule has 0 fully saturated rings. The second kappa shape index (κ2) is 6.60. The van der Waals surface area contributed by atoms with Crippen LogP contribution in [0.5, 0.6) is 0 Å². The van der Waals surface area contributed by atoms with E-state index in [-0.39, 0.29) is 18.3 Å². The van der Waals surface area contributed by atoms with Crippen molar-refractivity contribution >= 4 is 21.8 Å². The number of hydrogen-bond acceptors (Lipinski definition) is 2. The van der Waals surface area contributed by atoms with Crippen LogP contribution < -0.4 is 10.6 Å². The quantitative estimate of drug-likeness (QED) is 0.868. The number of halogens is 2. The van der Waals surface area contributed by atoms with E-state index in [1.165, 1.54) is 12.1 Å². The van der Waals surface area contributed by atoms with Gasteiger partial charge >= 0.3 is 0 Å². The predicted octanol–water partition coefficient (Wildman–Crippen LogP) is 1.81. The fraction of sp³-hybridized carbons (Fsp3) is 0.364. The molecule has 1 rings (SSSR count). The van der Waals surface area contributed by atoms with Gasteiger partial charge in [-0.3, -0.25) is 4.79 Å². The van der Waals surface area contributed by atoms with Gasteiger partial charge in [0.25, 0.3) is 0 Å². The summed E-state index contributed by atoms with van der Waals surface area (Å²) >= 11 is 3.32. The standard InChI is InChI=1S/C11H14BrFN2O/c1-2-15-11(16)7-14-6-8-5-9(13)3-4-10(8)12/h3-5,14H,2,6-7H2,1H3,(H,15,16). The summed E-state index contributed by atoms with van der Waals surface area (Å²) in [6, 6.07) is 4.48. The summed E-state index contributed by atoms with van der Waals surface area (Å²) in [6.07, 6.45) is 0. The summed E-state index contributed by atoms with van der Waals surface area (Å²) < 4.78 is 13.8. The van der Waals surface area contributed by atoms with Crippen LogP contribution >= 0.6 is 15.9 Å². The van der Waals surface area contributed by atoms with E-state index in [1.807, 2.05) is 6.92 Å². The largest absolute Gasteiger partial charge is 0.355 e. The lowest BCUT2D eigenvalue weighted by Crippen LogP contribution is -2.33. The van der Waals surface area contributed by atoms with Gasteiger partial charge in [-0.15, -0.1) is 0 Å². The van der Waals surface area contributed by atoms with Crippen molar-refractivity contribution in [2.24, 2.45) is 0 Å². The molecule has 1 aromatic rings. The average molecular weight is 289 g/mol. The lowest BCUT2D eigenvalue weighted by Gasteiger charge is -2.07. The van der Waals surface area contributed by atoms with Crippen molar-refractivity contribution in [3.05, 3.63) is 34.1 Å². The van der Waals surface area contributed by atoms with Crippen LogP contribution in [0.15, 0.2) is 22.7 Å². The first kappa shape index (κ1) is 13.1. The van der Waals surface area contributed by atoms with Gasteiger partial charge in [-0.05, 0) is 30.7 Å². The zero-order valence-corrected chi connectivity index (χ0v) is 10.6. The maximum atomic E-state index is 12.9. The molecule has 0 spiro atoms. The minimum absolute atomic E-state index is 0.0602. The van der Waals surface area contributed by atoms with Crippen molar-refractivity contribution in [2.75, 3.05) is 13.1 Å². The fourth-order valence-corrected chi connectivity index (χ4v) is 1.64. The maximum Gasteiger partial charge on any atom is 0.233 e. The third-order valence-electron chi connectivity index (χ3n) is 1.98. The van der Waals surface area contributed by atoms with Crippen LogP contribution in [0.25, 0.3) is 0 Å². The van der Waals surface area contributed by atoms with Crippen LogP contribution in [-0.4, -0.2) is 19.0 Å². The van der Waals surface area contributed by atoms with E-state index in [4.69, 9.17) is 0 Å². The van der Waals surface area contributed by atoms with Crippen LogP contribution in [0.1, 0.15) is 12.5 Å². The molecule has 2 N–H and O–H groups in total. The molecule has 1 aromatic carbocycles. The molecule has 3 nitrogen and oxygen atoms in total. The van der Waals surface area contributed by atoms with Crippen LogP contribution in [0.3, 0.4) is 0 Å². The molecule has 5 heteroatoms. The Morgan fingerprint density at radius 2 is 2.25 bits per heavy atom. The summed E-state index contributed by atoms with van der Waals surface area (Å²) in [4.78, 5) is 11.1. The molecule has 0 radical (unpaired) electrons. The van der Waals surface area contributed by atoms with Gasteiger partial charge in [0.15, 0.2) is 0 Å². The molecule has 1 amide bonds. The lowest BCUT2D eigenvalue weighted by atomic mass is 10.2. The van der Waals surface area contributed by atoms with Gasteiger partial charge in [-0.1, -0.05) is 15.9 Å². The average Bonchev–Trinajstić information content (AvgIpc) is 2.23. The van der Waals surface area contributed by atoms with Gasteiger partial charge in [-0.2, -0.15) is 0 Å². The number of hydrogen-bond donors (Lipinski definition) is 2. The van der Waals surface area contributed by atoms with Gasteiger partial charge in [0.05, 0.1) is 6.54 Å². The molecule has 0 atom stereocenters. The summed E-state index contributed by atoms with van der Waals surface area (Å²) in [5.41, 5.74) is 0.796. The highest BCUT2D eigenvalue weighted by Gasteiger charge is 2.03. The Balaban J connectivity index is 2.42. The molecule has 0 aliphatic heterocycles. The molecule has 0 aliphatic carbocycles. The highest BCUT2D eigenvalue weighted by atomic mass is 79.9. The second-order valence-electron chi connectivity index (χ2n) is 3.29. The summed E-state index contributed by atoms with van der Waals surface area (Å²) in [5.74, 6) is -0.340. The van der Waals surface area contributed by atoms with Gasteiger partial charge in [0.1, 0.15) is 5.82 Å². The molecule has 88 valence electrons. The van der Waals surface area contributed by atoms with E-state index in [1.54, 1.807) is 6.07 Å². The van der Waals surface area contributed by atoms with Gasteiger partial charge in [0.2, 0.25) is 5.91 Å². The molecule has 0 saturated heterocycles. The number of benzene rings is 1. The van der Waals surface area contributed by atoms with Crippen molar-refractivity contribution in [3.8, 4) is 0 Å². The lowest BCUT2D eigenvalue weighted by molar-refractivity contribution is -0.120. The minimum Gasteiger partial charge on any atom is -0.355 e. The zero-order chi connectivity index (χ0) is 12.0. The van der Waals surface area contributed by atoms with E-state index in [2.05, 4.69) is 26.6 Å². The molecule has 0 saturated carbocycles. The van der Waals surface area contributed by atoms with E-state index in [9.17, 15) is 9.18 Å². The number of carbonyl (C=O) groups is 1. The summed E-state index contributed by atoms with van der Waals surface area (Å²) in [5, 5.41) is 5.62. The van der Waals surface area contributed by atoms with E-state index < -0.39 is 0 Å². The van der Waals surface area contributed by atoms with Gasteiger partial charge in [0, 0.05) is 17.6 Å². The Labute approximate surface area is 103 Å². The monoisotopic (exact) mass is 288 g/mol.